The summed E-state index contributed by atoms with van der Waals surface area (Å²) in [5.74, 6) is -0.999. The molecule has 5 nitrogen and oxygen atoms in total. The quantitative estimate of drug-likeness (QED) is 0.749. The van der Waals surface area contributed by atoms with E-state index in [1.165, 1.54) is 6.07 Å². The van der Waals surface area contributed by atoms with E-state index >= 15 is 0 Å². The van der Waals surface area contributed by atoms with Gasteiger partial charge in [0.15, 0.2) is 0 Å². The third kappa shape index (κ3) is 1.94. The molecule has 0 aliphatic rings. The van der Waals surface area contributed by atoms with Crippen molar-refractivity contribution in [2.45, 2.75) is 4.90 Å². The predicted octanol–water partition coefficient (Wildman–Crippen LogP) is 2.84. The van der Waals surface area contributed by atoms with Crippen LogP contribution in [0.5, 0.6) is 0 Å². The summed E-state index contributed by atoms with van der Waals surface area (Å²) in [7, 11) is 0. The molecule has 0 radical (unpaired) electrons. The Morgan fingerprint density at radius 1 is 1.20 bits per heavy atom. The molecule has 0 atom stereocenters. The molecule has 20 heavy (non-hydrogen) atoms. The number of fused-ring (bicyclic) bond motifs is 1. The first-order valence-corrected chi connectivity index (χ1v) is 7.16. The second-order valence-corrected chi connectivity index (χ2v) is 5.00. The molecule has 0 amide bonds. The molecule has 0 aliphatic carbocycles. The Balaban J connectivity index is 2.28. The molecule has 1 heterocycles. The van der Waals surface area contributed by atoms with Gasteiger partial charge in [0, 0.05) is 4.90 Å². The molecule has 0 fully saturated rings. The van der Waals surface area contributed by atoms with Crippen molar-refractivity contribution >= 4 is 28.8 Å². The lowest BCUT2D eigenvalue weighted by atomic mass is 10.2. The second kappa shape index (κ2) is 4.97. The van der Waals surface area contributed by atoms with Crippen LogP contribution in [0.25, 0.3) is 16.7 Å². The van der Waals surface area contributed by atoms with E-state index in [-0.39, 0.29) is 5.56 Å². The standard InChI is InChI=1S/C14H11N3O2S/c1-20-12-8-3-2-6-10(12)17-11-7-4-5-9(14(18)19)13(11)15-16-17/h2-8H,1H3,(H,18,19). The van der Waals surface area contributed by atoms with Crippen molar-refractivity contribution in [1.29, 1.82) is 0 Å². The fourth-order valence-corrected chi connectivity index (χ4v) is 2.68. The van der Waals surface area contributed by atoms with Crippen molar-refractivity contribution in [1.82, 2.24) is 15.0 Å². The van der Waals surface area contributed by atoms with Crippen LogP contribution in [0.1, 0.15) is 10.4 Å². The zero-order valence-electron chi connectivity index (χ0n) is 10.6. The lowest BCUT2D eigenvalue weighted by Gasteiger charge is -2.07. The summed E-state index contributed by atoms with van der Waals surface area (Å²) < 4.78 is 1.67. The van der Waals surface area contributed by atoms with Gasteiger partial charge in [-0.3, -0.25) is 0 Å². The van der Waals surface area contributed by atoms with Gasteiger partial charge in [0.25, 0.3) is 0 Å². The van der Waals surface area contributed by atoms with Crippen molar-refractivity contribution in [3.05, 3.63) is 48.0 Å². The number of para-hydroxylation sites is 1. The number of nitrogens with zero attached hydrogens (tertiary/aromatic N) is 3. The van der Waals surface area contributed by atoms with Crippen LogP contribution in [0.4, 0.5) is 0 Å². The van der Waals surface area contributed by atoms with Crippen LogP contribution in [-0.2, 0) is 0 Å². The fourth-order valence-electron chi connectivity index (χ4n) is 2.10. The molecule has 1 aromatic heterocycles. The minimum atomic E-state index is -0.999. The molecule has 0 aliphatic heterocycles. The molecule has 1 N–H and O–H groups in total. The Morgan fingerprint density at radius 3 is 2.75 bits per heavy atom. The molecule has 6 heteroatoms. The monoisotopic (exact) mass is 285 g/mol. The van der Waals surface area contributed by atoms with Crippen molar-refractivity contribution in [3.63, 3.8) is 0 Å². The van der Waals surface area contributed by atoms with Gasteiger partial charge in [-0.05, 0) is 30.5 Å². The van der Waals surface area contributed by atoms with Crippen LogP contribution in [0.2, 0.25) is 0 Å². The summed E-state index contributed by atoms with van der Waals surface area (Å²) in [5, 5.41) is 17.3. The van der Waals surface area contributed by atoms with Crippen LogP contribution < -0.4 is 0 Å². The molecule has 3 aromatic rings. The molecular weight excluding hydrogens is 274 g/mol. The number of hydrogen-bond acceptors (Lipinski definition) is 4. The maximum atomic E-state index is 11.2. The second-order valence-electron chi connectivity index (χ2n) is 4.15. The number of carboxylic acids is 1. The highest BCUT2D eigenvalue weighted by Crippen LogP contribution is 2.26. The lowest BCUT2D eigenvalue weighted by Crippen LogP contribution is -1.99. The summed E-state index contributed by atoms with van der Waals surface area (Å²) in [6.07, 6.45) is 1.99. The minimum absolute atomic E-state index is 0.162. The largest absolute Gasteiger partial charge is 0.478 e. The molecule has 0 unspecified atom stereocenters. The summed E-state index contributed by atoms with van der Waals surface area (Å²) in [4.78, 5) is 12.3. The highest BCUT2D eigenvalue weighted by atomic mass is 32.2. The van der Waals surface area contributed by atoms with Gasteiger partial charge in [-0.2, -0.15) is 0 Å². The van der Waals surface area contributed by atoms with Crippen LogP contribution in [0.3, 0.4) is 0 Å². The van der Waals surface area contributed by atoms with E-state index < -0.39 is 5.97 Å². The van der Waals surface area contributed by atoms with Gasteiger partial charge in [0.05, 0.1) is 16.8 Å². The normalized spacial score (nSPS) is 10.8. The number of aromatic carboxylic acids is 1. The number of aromatic nitrogens is 3. The van der Waals surface area contributed by atoms with E-state index in [4.69, 9.17) is 0 Å². The zero-order chi connectivity index (χ0) is 14.1. The lowest BCUT2D eigenvalue weighted by molar-refractivity contribution is 0.0699. The maximum Gasteiger partial charge on any atom is 0.338 e. The SMILES string of the molecule is CSc1ccccc1-n1nnc2c(C(=O)O)cccc21. The highest BCUT2D eigenvalue weighted by molar-refractivity contribution is 7.98. The molecule has 0 spiro atoms. The number of rotatable bonds is 3. The third-order valence-corrected chi connectivity index (χ3v) is 3.81. The first-order chi connectivity index (χ1) is 9.72. The molecule has 0 bridgehead atoms. The molecule has 100 valence electrons. The smallest absolute Gasteiger partial charge is 0.338 e. The average molecular weight is 285 g/mol. The van der Waals surface area contributed by atoms with E-state index in [1.807, 2.05) is 36.6 Å². The Kier molecular flexibility index (Phi) is 3.15. The third-order valence-electron chi connectivity index (χ3n) is 3.02. The molecular formula is C14H11N3O2S. The number of carbonyl (C=O) groups is 1. The number of hydrogen-bond donors (Lipinski definition) is 1. The van der Waals surface area contributed by atoms with Crippen LogP contribution in [-0.4, -0.2) is 32.3 Å². The van der Waals surface area contributed by atoms with Gasteiger partial charge in [-0.1, -0.05) is 23.4 Å². The zero-order valence-corrected chi connectivity index (χ0v) is 11.5. The Morgan fingerprint density at radius 2 is 2.00 bits per heavy atom. The fraction of sp³-hybridized carbons (Fsp3) is 0.0714. The van der Waals surface area contributed by atoms with Gasteiger partial charge in [-0.25, -0.2) is 9.48 Å². The van der Waals surface area contributed by atoms with E-state index in [9.17, 15) is 9.90 Å². The topological polar surface area (TPSA) is 68.0 Å². The van der Waals surface area contributed by atoms with E-state index in [0.717, 1.165) is 10.6 Å². The van der Waals surface area contributed by atoms with Gasteiger partial charge >= 0.3 is 5.97 Å². The average Bonchev–Trinajstić information content (AvgIpc) is 2.90. The number of thioether (sulfide) groups is 1. The summed E-state index contributed by atoms with van der Waals surface area (Å²) in [6.45, 7) is 0. The first kappa shape index (κ1) is 12.7. The number of benzene rings is 2. The maximum absolute atomic E-state index is 11.2. The molecule has 0 saturated carbocycles. The first-order valence-electron chi connectivity index (χ1n) is 5.93. The molecule has 3 rings (SSSR count). The van der Waals surface area contributed by atoms with Crippen LogP contribution in [0.15, 0.2) is 47.4 Å². The van der Waals surface area contributed by atoms with Gasteiger partial charge in [0.1, 0.15) is 5.52 Å². The van der Waals surface area contributed by atoms with Crippen LogP contribution in [0, 0.1) is 0 Å². The summed E-state index contributed by atoms with van der Waals surface area (Å²) in [6, 6.07) is 12.9. The minimum Gasteiger partial charge on any atom is -0.478 e. The van der Waals surface area contributed by atoms with Crippen molar-refractivity contribution in [2.75, 3.05) is 6.26 Å². The van der Waals surface area contributed by atoms with Gasteiger partial charge in [0.2, 0.25) is 0 Å². The van der Waals surface area contributed by atoms with E-state index in [2.05, 4.69) is 10.3 Å². The van der Waals surface area contributed by atoms with Gasteiger partial charge < -0.3 is 5.11 Å². The summed E-state index contributed by atoms with van der Waals surface area (Å²) >= 11 is 1.61. The number of carboxylic acid groups (broad SMARTS) is 1. The summed E-state index contributed by atoms with van der Waals surface area (Å²) in [5.41, 5.74) is 2.14. The van der Waals surface area contributed by atoms with E-state index in [1.54, 1.807) is 22.5 Å². The molecule has 0 saturated heterocycles. The predicted molar refractivity (Wildman–Crippen MR) is 77.6 cm³/mol. The van der Waals surface area contributed by atoms with E-state index in [0.29, 0.717) is 11.0 Å². The van der Waals surface area contributed by atoms with Crippen molar-refractivity contribution in [2.24, 2.45) is 0 Å². The van der Waals surface area contributed by atoms with Crippen molar-refractivity contribution < 1.29 is 9.90 Å². The Bertz CT molecular complexity index is 798. The Hall–Kier alpha value is -2.34. The van der Waals surface area contributed by atoms with Crippen LogP contribution >= 0.6 is 11.8 Å². The molecule has 2 aromatic carbocycles. The Labute approximate surface area is 119 Å². The van der Waals surface area contributed by atoms with Crippen molar-refractivity contribution in [3.8, 4) is 5.69 Å². The van der Waals surface area contributed by atoms with Gasteiger partial charge in [-0.15, -0.1) is 16.9 Å². The highest BCUT2D eigenvalue weighted by Gasteiger charge is 2.15.